The van der Waals surface area contributed by atoms with Gasteiger partial charge in [0.05, 0.1) is 6.42 Å². The lowest BCUT2D eigenvalue weighted by Gasteiger charge is -2.26. The van der Waals surface area contributed by atoms with Gasteiger partial charge in [-0.25, -0.2) is 0 Å². The number of ether oxygens (including phenoxy) is 1. The number of esters is 1. The summed E-state index contributed by atoms with van der Waals surface area (Å²) in [5, 5.41) is 10.3. The Morgan fingerprint density at radius 2 is 1.85 bits per heavy atom. The van der Waals surface area contributed by atoms with Crippen LogP contribution in [0, 0.1) is 5.92 Å². The van der Waals surface area contributed by atoms with Gasteiger partial charge >= 0.3 is 5.97 Å². The van der Waals surface area contributed by atoms with Gasteiger partial charge in [0.1, 0.15) is 30.4 Å². The lowest BCUT2D eigenvalue weighted by molar-refractivity contribution is -0.148. The molecule has 0 aromatic rings. The zero-order chi connectivity index (χ0) is 24.4. The number of nitrogens with one attached hydrogen (secondary N) is 4. The van der Waals surface area contributed by atoms with Crippen LogP contribution >= 0.6 is 21.6 Å². The number of amides is 4. The van der Waals surface area contributed by atoms with E-state index in [1.54, 1.807) is 26.8 Å². The molecule has 1 fully saturated rings. The Bertz CT molecular complexity index is 830. The highest BCUT2D eigenvalue weighted by atomic mass is 33.1. The van der Waals surface area contributed by atoms with Crippen molar-refractivity contribution in [2.45, 2.75) is 51.8 Å². The van der Waals surface area contributed by atoms with Crippen LogP contribution in [0.3, 0.4) is 0 Å². The van der Waals surface area contributed by atoms with Crippen LogP contribution in [-0.2, 0) is 28.7 Å². The third-order valence-corrected chi connectivity index (χ3v) is 7.24. The standard InChI is InChI=1S/C21H30N4O6S2/c1-4-14-19(28)22-10-17(27)31-13-7-5-6-8-32-33-11-15(20(29)23-14)24-21(30)18(12(2)3)25-16(26)9-13/h4-5,7,12-13,15,18H,6,8-11H2,1-3H3,(H,22,28)(H,23,29)(H,24,30)(H,25,26)/t13-,15-,18-/m1/s1. The smallest absolute Gasteiger partial charge is 0.326 e. The SMILES string of the molecule is CC=C1NC(=O)[C@H]2CSSCCC=C[C@H](CC(=O)N[C@H](C(C)C)C(=O)N2)OC(=O)CNC1=O. The van der Waals surface area contributed by atoms with Crippen molar-refractivity contribution < 1.29 is 28.7 Å². The normalized spacial score (nSPS) is 27.8. The van der Waals surface area contributed by atoms with Crippen molar-refractivity contribution in [1.82, 2.24) is 21.3 Å². The lowest BCUT2D eigenvalue weighted by atomic mass is 10.0. The first-order valence-corrected chi connectivity index (χ1v) is 13.2. The van der Waals surface area contributed by atoms with E-state index in [1.165, 1.54) is 27.7 Å². The van der Waals surface area contributed by atoms with Gasteiger partial charge in [0.2, 0.25) is 17.7 Å². The molecule has 0 aliphatic carbocycles. The molecule has 12 heteroatoms. The van der Waals surface area contributed by atoms with Crippen molar-refractivity contribution >= 4 is 51.2 Å². The minimum absolute atomic E-state index is 0.0497. The molecule has 0 saturated carbocycles. The van der Waals surface area contributed by atoms with Crippen LogP contribution in [0.2, 0.25) is 0 Å². The summed E-state index contributed by atoms with van der Waals surface area (Å²) in [6.45, 7) is 4.68. The second-order valence-corrected chi connectivity index (χ2v) is 10.4. The van der Waals surface area contributed by atoms with Crippen LogP contribution in [0.4, 0.5) is 0 Å². The summed E-state index contributed by atoms with van der Waals surface area (Å²) < 4.78 is 5.38. The Kier molecular flexibility index (Phi) is 10.8. The van der Waals surface area contributed by atoms with Gasteiger partial charge in [-0.1, -0.05) is 47.6 Å². The zero-order valence-corrected chi connectivity index (χ0v) is 20.5. The number of hydrogen-bond acceptors (Lipinski definition) is 8. The monoisotopic (exact) mass is 498 g/mol. The molecule has 10 nitrogen and oxygen atoms in total. The lowest BCUT2D eigenvalue weighted by Crippen LogP contribution is -2.56. The van der Waals surface area contributed by atoms with E-state index in [4.69, 9.17) is 4.74 Å². The Balaban J connectivity index is 2.45. The molecule has 3 atom stereocenters. The van der Waals surface area contributed by atoms with E-state index in [0.29, 0.717) is 12.2 Å². The molecule has 2 bridgehead atoms. The second-order valence-electron chi connectivity index (χ2n) is 7.78. The maximum Gasteiger partial charge on any atom is 0.326 e. The molecule has 182 valence electrons. The highest BCUT2D eigenvalue weighted by molar-refractivity contribution is 8.76. The molecule has 0 radical (unpaired) electrons. The molecule has 2 aliphatic rings. The van der Waals surface area contributed by atoms with E-state index in [9.17, 15) is 24.0 Å². The minimum atomic E-state index is -0.942. The maximum atomic E-state index is 13.0. The van der Waals surface area contributed by atoms with E-state index in [1.807, 2.05) is 6.08 Å². The molecule has 0 spiro atoms. The molecule has 2 rings (SSSR count). The predicted molar refractivity (Wildman–Crippen MR) is 127 cm³/mol. The van der Waals surface area contributed by atoms with Crippen molar-refractivity contribution in [3.63, 3.8) is 0 Å². The quantitative estimate of drug-likeness (QED) is 0.176. The van der Waals surface area contributed by atoms with Gasteiger partial charge < -0.3 is 26.0 Å². The Hall–Kier alpha value is -2.47. The van der Waals surface area contributed by atoms with Gasteiger partial charge in [0.15, 0.2) is 0 Å². The van der Waals surface area contributed by atoms with Gasteiger partial charge in [0, 0.05) is 11.5 Å². The summed E-state index contributed by atoms with van der Waals surface area (Å²) in [6.07, 6.45) is 4.48. The first kappa shape index (κ1) is 26.8. The zero-order valence-electron chi connectivity index (χ0n) is 18.8. The molecule has 0 unspecified atom stereocenters. The van der Waals surface area contributed by atoms with Crippen LogP contribution < -0.4 is 21.3 Å². The molecular formula is C21H30N4O6S2. The van der Waals surface area contributed by atoms with Crippen LogP contribution in [-0.4, -0.2) is 65.8 Å². The van der Waals surface area contributed by atoms with Crippen LogP contribution in [0.15, 0.2) is 23.9 Å². The largest absolute Gasteiger partial charge is 0.456 e. The van der Waals surface area contributed by atoms with E-state index in [-0.39, 0.29) is 23.8 Å². The van der Waals surface area contributed by atoms with Crippen molar-refractivity contribution in [3.8, 4) is 0 Å². The van der Waals surface area contributed by atoms with Crippen molar-refractivity contribution in [2.24, 2.45) is 5.92 Å². The Morgan fingerprint density at radius 1 is 1.09 bits per heavy atom. The Labute approximate surface area is 200 Å². The molecule has 0 aromatic heterocycles. The van der Waals surface area contributed by atoms with Gasteiger partial charge in [-0.15, -0.1) is 0 Å². The van der Waals surface area contributed by atoms with Gasteiger partial charge in [-0.05, 0) is 25.3 Å². The van der Waals surface area contributed by atoms with Crippen LogP contribution in [0.5, 0.6) is 0 Å². The van der Waals surface area contributed by atoms with Gasteiger partial charge in [-0.2, -0.15) is 0 Å². The average Bonchev–Trinajstić information content (AvgIpc) is 2.76. The number of rotatable bonds is 1. The third-order valence-electron chi connectivity index (χ3n) is 4.79. The molecule has 4 N–H and O–H groups in total. The van der Waals surface area contributed by atoms with Crippen LogP contribution in [0.25, 0.3) is 0 Å². The van der Waals surface area contributed by atoms with Crippen molar-refractivity contribution in [3.05, 3.63) is 23.9 Å². The first-order valence-electron chi connectivity index (χ1n) is 10.7. The number of allylic oxidation sites excluding steroid dienone is 2. The van der Waals surface area contributed by atoms with Crippen molar-refractivity contribution in [1.29, 1.82) is 0 Å². The van der Waals surface area contributed by atoms with Gasteiger partial charge in [-0.3, -0.25) is 24.0 Å². The summed E-state index contributed by atoms with van der Waals surface area (Å²) in [4.78, 5) is 63.3. The van der Waals surface area contributed by atoms with Crippen molar-refractivity contribution in [2.75, 3.05) is 18.1 Å². The summed E-state index contributed by atoms with van der Waals surface area (Å²) in [7, 11) is 2.94. The highest BCUT2D eigenvalue weighted by Gasteiger charge is 2.31. The van der Waals surface area contributed by atoms with Gasteiger partial charge in [0.25, 0.3) is 5.91 Å². The summed E-state index contributed by atoms with van der Waals surface area (Å²) in [5.41, 5.74) is -0.0497. The predicted octanol–water partition coefficient (Wildman–Crippen LogP) is 0.405. The van der Waals surface area contributed by atoms with E-state index in [0.717, 1.165) is 0 Å². The second kappa shape index (κ2) is 13.3. The number of hydrogen-bond donors (Lipinski definition) is 4. The Morgan fingerprint density at radius 3 is 2.55 bits per heavy atom. The third kappa shape index (κ3) is 8.77. The van der Waals surface area contributed by atoms with E-state index >= 15 is 0 Å². The first-order chi connectivity index (χ1) is 15.7. The highest BCUT2D eigenvalue weighted by Crippen LogP contribution is 2.23. The minimum Gasteiger partial charge on any atom is -0.456 e. The van der Waals surface area contributed by atoms with E-state index in [2.05, 4.69) is 21.3 Å². The fraction of sp³-hybridized carbons (Fsp3) is 0.571. The molecular weight excluding hydrogens is 468 g/mol. The number of carbonyl (C=O) groups is 5. The average molecular weight is 499 g/mol. The molecule has 2 heterocycles. The molecule has 2 aliphatic heterocycles. The molecule has 0 aromatic carbocycles. The molecule has 4 amide bonds. The summed E-state index contributed by atoms with van der Waals surface area (Å²) in [5.74, 6) is -2.25. The summed E-state index contributed by atoms with van der Waals surface area (Å²) >= 11 is 0. The fourth-order valence-corrected chi connectivity index (χ4v) is 5.18. The molecule has 33 heavy (non-hydrogen) atoms. The number of fused-ring (bicyclic) bond motifs is 7. The maximum absolute atomic E-state index is 13.0. The fourth-order valence-electron chi connectivity index (χ4n) is 3.02. The number of carbonyl (C=O) groups excluding carboxylic acids is 5. The molecule has 1 saturated heterocycles. The summed E-state index contributed by atoms with van der Waals surface area (Å²) in [6, 6.07) is -1.84. The van der Waals surface area contributed by atoms with Crippen LogP contribution in [0.1, 0.15) is 33.6 Å². The topological polar surface area (TPSA) is 143 Å². The van der Waals surface area contributed by atoms with E-state index < -0.39 is 54.3 Å².